The summed E-state index contributed by atoms with van der Waals surface area (Å²) in [5.74, 6) is -1.53. The average molecular weight is 847 g/mol. The summed E-state index contributed by atoms with van der Waals surface area (Å²) in [6.07, 6.45) is -0.717. The van der Waals surface area contributed by atoms with E-state index in [1.807, 2.05) is 11.8 Å². The SMILES string of the molecule is CC1CN(C(=O)OC(C)(C)C)CCN(C(=O)OC(C)(C)C)CCN(C(=O)OC(C)(C)C)CCN1CC(=O)NCCCOCCOCCOCCCNC(=O)CCC(=O)O. The van der Waals surface area contributed by atoms with Crippen molar-refractivity contribution >= 4 is 36.1 Å². The van der Waals surface area contributed by atoms with Crippen molar-refractivity contribution in [2.24, 2.45) is 0 Å². The van der Waals surface area contributed by atoms with Crippen molar-refractivity contribution in [3.8, 4) is 0 Å². The number of carbonyl (C=O) groups excluding carboxylic acids is 5. The summed E-state index contributed by atoms with van der Waals surface area (Å²) in [6.45, 7) is 22.2. The molecule has 1 aliphatic rings. The van der Waals surface area contributed by atoms with Crippen molar-refractivity contribution in [2.75, 3.05) is 105 Å². The molecule has 1 rings (SSSR count). The Morgan fingerprint density at radius 1 is 0.542 bits per heavy atom. The van der Waals surface area contributed by atoms with Crippen LogP contribution in [0.15, 0.2) is 0 Å². The number of aliphatic carboxylic acids is 1. The average Bonchev–Trinajstić information content (AvgIpc) is 3.09. The van der Waals surface area contributed by atoms with Crippen LogP contribution in [0, 0.1) is 0 Å². The van der Waals surface area contributed by atoms with E-state index in [2.05, 4.69) is 10.6 Å². The second-order valence-electron chi connectivity index (χ2n) is 17.3. The van der Waals surface area contributed by atoms with Gasteiger partial charge in [-0.2, -0.15) is 0 Å². The number of nitrogens with one attached hydrogen (secondary N) is 2. The lowest BCUT2D eigenvalue weighted by atomic mass is 10.2. The molecular formula is C40H74N6O13. The van der Waals surface area contributed by atoms with Gasteiger partial charge in [0.05, 0.1) is 39.4 Å². The fourth-order valence-corrected chi connectivity index (χ4v) is 5.34. The highest BCUT2D eigenvalue weighted by molar-refractivity contribution is 5.80. The van der Waals surface area contributed by atoms with Crippen LogP contribution < -0.4 is 10.6 Å². The lowest BCUT2D eigenvalue weighted by molar-refractivity contribution is -0.138. The minimum atomic E-state index is -1.01. The Morgan fingerprint density at radius 2 is 0.915 bits per heavy atom. The molecule has 0 spiro atoms. The summed E-state index contributed by atoms with van der Waals surface area (Å²) in [5, 5.41) is 14.2. The predicted molar refractivity (Wildman–Crippen MR) is 219 cm³/mol. The molecule has 1 saturated heterocycles. The van der Waals surface area contributed by atoms with Gasteiger partial charge < -0.3 is 58.9 Å². The predicted octanol–water partition coefficient (Wildman–Crippen LogP) is 3.33. The van der Waals surface area contributed by atoms with E-state index in [1.165, 1.54) is 9.80 Å². The Bertz CT molecular complexity index is 1300. The molecule has 342 valence electrons. The molecule has 1 fully saturated rings. The zero-order valence-electron chi connectivity index (χ0n) is 37.4. The molecular weight excluding hydrogens is 772 g/mol. The van der Waals surface area contributed by atoms with Crippen LogP contribution in [0.3, 0.4) is 0 Å². The van der Waals surface area contributed by atoms with E-state index in [0.717, 1.165) is 0 Å². The molecule has 19 heteroatoms. The number of hydrogen-bond donors (Lipinski definition) is 3. The minimum absolute atomic E-state index is 0.00765. The second kappa shape index (κ2) is 27.0. The molecule has 0 radical (unpaired) electrons. The number of carbonyl (C=O) groups is 6. The van der Waals surface area contributed by atoms with Gasteiger partial charge >= 0.3 is 24.2 Å². The highest BCUT2D eigenvalue weighted by Crippen LogP contribution is 2.16. The number of carboxylic acid groups (broad SMARTS) is 1. The van der Waals surface area contributed by atoms with Gasteiger partial charge in [-0.25, -0.2) is 14.4 Å². The largest absolute Gasteiger partial charge is 0.481 e. The normalized spacial score (nSPS) is 16.4. The summed E-state index contributed by atoms with van der Waals surface area (Å²) in [5.41, 5.74) is -2.27. The van der Waals surface area contributed by atoms with E-state index in [9.17, 15) is 28.8 Å². The zero-order chi connectivity index (χ0) is 44.6. The van der Waals surface area contributed by atoms with E-state index in [4.69, 9.17) is 33.5 Å². The fourth-order valence-electron chi connectivity index (χ4n) is 5.34. The van der Waals surface area contributed by atoms with Gasteiger partial charge in [0, 0.05) is 84.6 Å². The minimum Gasteiger partial charge on any atom is -0.481 e. The van der Waals surface area contributed by atoms with Gasteiger partial charge in [-0.05, 0) is 82.1 Å². The first-order valence-electron chi connectivity index (χ1n) is 20.6. The van der Waals surface area contributed by atoms with Crippen LogP contribution in [0.25, 0.3) is 0 Å². The number of rotatable bonds is 19. The van der Waals surface area contributed by atoms with Gasteiger partial charge in [0.2, 0.25) is 11.8 Å². The zero-order valence-corrected chi connectivity index (χ0v) is 37.4. The first kappa shape index (κ1) is 53.1. The lowest BCUT2D eigenvalue weighted by Gasteiger charge is -2.38. The summed E-state index contributed by atoms with van der Waals surface area (Å²) >= 11 is 0. The molecule has 0 saturated carbocycles. The number of carboxylic acids is 1. The Labute approximate surface area is 351 Å². The summed E-state index contributed by atoms with van der Waals surface area (Å²) < 4.78 is 33.7. The molecule has 19 nitrogen and oxygen atoms in total. The third-order valence-electron chi connectivity index (χ3n) is 8.23. The molecule has 1 atom stereocenters. The van der Waals surface area contributed by atoms with Gasteiger partial charge in [-0.3, -0.25) is 19.3 Å². The van der Waals surface area contributed by atoms with Crippen LogP contribution in [-0.2, 0) is 42.8 Å². The molecule has 0 aromatic carbocycles. The number of ether oxygens (including phenoxy) is 6. The first-order valence-corrected chi connectivity index (χ1v) is 20.6. The van der Waals surface area contributed by atoms with Crippen LogP contribution >= 0.6 is 0 Å². The fraction of sp³-hybridized carbons (Fsp3) is 0.850. The molecule has 59 heavy (non-hydrogen) atoms. The van der Waals surface area contributed by atoms with Crippen molar-refractivity contribution in [3.05, 3.63) is 0 Å². The highest BCUT2D eigenvalue weighted by atomic mass is 16.6. The highest BCUT2D eigenvalue weighted by Gasteiger charge is 2.31. The van der Waals surface area contributed by atoms with Crippen molar-refractivity contribution in [1.82, 2.24) is 30.2 Å². The molecule has 1 unspecified atom stereocenters. The van der Waals surface area contributed by atoms with Crippen molar-refractivity contribution in [3.63, 3.8) is 0 Å². The van der Waals surface area contributed by atoms with Crippen molar-refractivity contribution in [1.29, 1.82) is 0 Å². The quantitative estimate of drug-likeness (QED) is 0.126. The topological polar surface area (TPSA) is 215 Å². The molecule has 1 aliphatic heterocycles. The van der Waals surface area contributed by atoms with Crippen LogP contribution in [0.4, 0.5) is 14.4 Å². The number of hydrogen-bond acceptors (Lipinski definition) is 13. The summed E-state index contributed by atoms with van der Waals surface area (Å²) in [6, 6.07) is -0.346. The van der Waals surface area contributed by atoms with E-state index in [-0.39, 0.29) is 83.1 Å². The van der Waals surface area contributed by atoms with E-state index < -0.39 is 41.1 Å². The Kier molecular flexibility index (Phi) is 24.3. The second-order valence-corrected chi connectivity index (χ2v) is 17.3. The number of nitrogens with zero attached hydrogens (tertiary/aromatic N) is 4. The van der Waals surface area contributed by atoms with Crippen LogP contribution in [0.2, 0.25) is 0 Å². The first-order chi connectivity index (χ1) is 27.5. The Balaban J connectivity index is 2.72. The monoisotopic (exact) mass is 847 g/mol. The maximum absolute atomic E-state index is 13.4. The molecule has 0 bridgehead atoms. The third-order valence-corrected chi connectivity index (χ3v) is 8.23. The van der Waals surface area contributed by atoms with Gasteiger partial charge in [0.1, 0.15) is 16.8 Å². The standard InChI is InChI=1S/C40H74N6O13/c1-31-29-46(37(53)59-40(8,9)10)22-20-44(36(52)58-39(5,6)7)18-17-43(35(51)57-38(2,3)4)19-21-45(31)30-33(48)42-16-12-24-55-26-28-56-27-25-54-23-11-15-41-32(47)13-14-34(49)50/h31H,11-30H2,1-10H3,(H,41,47)(H,42,48)(H,49,50). The van der Waals surface area contributed by atoms with Crippen molar-refractivity contribution in [2.45, 2.75) is 118 Å². The molecule has 0 aromatic rings. The molecule has 3 N–H and O–H groups in total. The van der Waals surface area contributed by atoms with E-state index in [1.54, 1.807) is 67.2 Å². The third kappa shape index (κ3) is 27.4. The van der Waals surface area contributed by atoms with Gasteiger partial charge in [-0.15, -0.1) is 0 Å². The Morgan fingerprint density at radius 3 is 1.34 bits per heavy atom. The lowest BCUT2D eigenvalue weighted by Crippen LogP contribution is -2.54. The van der Waals surface area contributed by atoms with E-state index >= 15 is 0 Å². The molecule has 0 aromatic heterocycles. The summed E-state index contributed by atoms with van der Waals surface area (Å²) in [7, 11) is 0. The smallest absolute Gasteiger partial charge is 0.410 e. The van der Waals surface area contributed by atoms with Crippen molar-refractivity contribution < 1.29 is 62.3 Å². The van der Waals surface area contributed by atoms with Crippen LogP contribution in [0.5, 0.6) is 0 Å². The van der Waals surface area contributed by atoms with E-state index in [0.29, 0.717) is 65.6 Å². The van der Waals surface area contributed by atoms with Gasteiger partial charge in [0.25, 0.3) is 0 Å². The molecule has 1 heterocycles. The Hall–Kier alpha value is -3.94. The maximum Gasteiger partial charge on any atom is 0.410 e. The molecule has 5 amide bonds. The van der Waals surface area contributed by atoms with Crippen LogP contribution in [0.1, 0.15) is 94.9 Å². The molecule has 0 aliphatic carbocycles. The maximum atomic E-state index is 13.4. The van der Waals surface area contributed by atoms with Gasteiger partial charge in [-0.1, -0.05) is 0 Å². The van der Waals surface area contributed by atoms with Crippen LogP contribution in [-0.4, -0.2) is 189 Å². The van der Waals surface area contributed by atoms with Gasteiger partial charge in [0.15, 0.2) is 0 Å². The number of amides is 5. The summed E-state index contributed by atoms with van der Waals surface area (Å²) in [4.78, 5) is 81.8.